The Morgan fingerprint density at radius 1 is 1.08 bits per heavy atom. The summed E-state index contributed by atoms with van der Waals surface area (Å²) in [5.74, 6) is -0.0763. The molecule has 39 heavy (non-hydrogen) atoms. The third-order valence-corrected chi connectivity index (χ3v) is 7.64. The van der Waals surface area contributed by atoms with Crippen molar-refractivity contribution in [2.24, 2.45) is 0 Å². The molecule has 2 N–H and O–H groups in total. The second-order valence-electron chi connectivity index (χ2n) is 10.6. The maximum Gasteiger partial charge on any atom is 0.251 e. The van der Waals surface area contributed by atoms with Gasteiger partial charge in [0.25, 0.3) is 5.91 Å². The van der Waals surface area contributed by atoms with Crippen LogP contribution in [0.2, 0.25) is 0 Å². The van der Waals surface area contributed by atoms with Gasteiger partial charge in [-0.3, -0.25) is 14.4 Å². The average Bonchev–Trinajstić information content (AvgIpc) is 3.50. The molecule has 1 saturated heterocycles. The Kier molecular flexibility index (Phi) is 8.07. The predicted molar refractivity (Wildman–Crippen MR) is 149 cm³/mol. The van der Waals surface area contributed by atoms with Crippen LogP contribution in [0.3, 0.4) is 0 Å². The van der Waals surface area contributed by atoms with Crippen molar-refractivity contribution in [3.63, 3.8) is 0 Å². The fourth-order valence-electron chi connectivity index (χ4n) is 5.05. The van der Waals surface area contributed by atoms with E-state index in [4.69, 9.17) is 0 Å². The molecule has 3 atom stereocenters. The number of nitrogens with one attached hydrogen (secondary N) is 2. The molecule has 1 aliphatic heterocycles. The SMILES string of the molecule is Cc1ccc([C@@H]2C[C@H]2NCCC[C@H](NC(=O)c2ccc(-n3cccn3)cc2)C(=O)N2CCN(C)C(=O)C2)cc1. The van der Waals surface area contributed by atoms with Crippen molar-refractivity contribution in [3.8, 4) is 5.69 Å². The van der Waals surface area contributed by atoms with E-state index >= 15 is 0 Å². The average molecular weight is 529 g/mol. The van der Waals surface area contributed by atoms with Crippen LogP contribution in [0.4, 0.5) is 0 Å². The molecule has 1 saturated carbocycles. The number of aryl methyl sites for hydroxylation is 1. The number of carbonyl (C=O) groups excluding carboxylic acids is 3. The summed E-state index contributed by atoms with van der Waals surface area (Å²) in [6.45, 7) is 3.84. The van der Waals surface area contributed by atoms with Gasteiger partial charge in [0.1, 0.15) is 6.04 Å². The van der Waals surface area contributed by atoms with E-state index in [0.29, 0.717) is 37.0 Å². The Balaban J connectivity index is 1.18. The molecule has 9 heteroatoms. The van der Waals surface area contributed by atoms with Crippen LogP contribution < -0.4 is 10.6 Å². The molecule has 3 amide bonds. The van der Waals surface area contributed by atoms with Gasteiger partial charge in [-0.15, -0.1) is 0 Å². The first kappa shape index (κ1) is 26.6. The van der Waals surface area contributed by atoms with Crippen LogP contribution in [-0.2, 0) is 9.59 Å². The normalized spacial score (nSPS) is 19.6. The number of rotatable bonds is 10. The van der Waals surface area contributed by atoms with Crippen LogP contribution >= 0.6 is 0 Å². The second-order valence-corrected chi connectivity index (χ2v) is 10.6. The molecular weight excluding hydrogens is 492 g/mol. The standard InChI is InChI=1S/C30H36N6O3/c1-21-6-8-22(9-7-21)25-19-27(25)31-14-3-5-26(30(39)35-18-17-34(2)28(37)20-35)33-29(38)23-10-12-24(13-11-23)36-16-4-15-32-36/h4,6-13,15-16,25-27,31H,3,5,14,17-20H2,1-2H3,(H,33,38)/t25-,26-,27+/m0/s1. The van der Waals surface area contributed by atoms with E-state index in [1.807, 2.05) is 24.4 Å². The zero-order valence-corrected chi connectivity index (χ0v) is 22.5. The number of hydrogen-bond donors (Lipinski definition) is 2. The maximum atomic E-state index is 13.4. The molecule has 204 valence electrons. The molecule has 3 aromatic rings. The van der Waals surface area contributed by atoms with Crippen molar-refractivity contribution in [3.05, 3.63) is 83.7 Å². The number of likely N-dealkylation sites (N-methyl/N-ethyl adjacent to an activating group) is 1. The van der Waals surface area contributed by atoms with Gasteiger partial charge in [-0.1, -0.05) is 29.8 Å². The molecule has 0 radical (unpaired) electrons. The van der Waals surface area contributed by atoms with E-state index in [0.717, 1.165) is 25.1 Å². The lowest BCUT2D eigenvalue weighted by Gasteiger charge is -2.34. The van der Waals surface area contributed by atoms with Gasteiger partial charge in [0.05, 0.1) is 12.2 Å². The molecule has 2 heterocycles. The predicted octanol–water partition coefficient (Wildman–Crippen LogP) is 2.51. The minimum absolute atomic E-state index is 0.0405. The monoisotopic (exact) mass is 528 g/mol. The summed E-state index contributed by atoms with van der Waals surface area (Å²) in [5.41, 5.74) is 3.93. The quantitative estimate of drug-likeness (QED) is 0.394. The lowest BCUT2D eigenvalue weighted by Crippen LogP contribution is -2.56. The summed E-state index contributed by atoms with van der Waals surface area (Å²) in [5, 5.41) is 10.8. The number of benzene rings is 2. The van der Waals surface area contributed by atoms with Gasteiger partial charge in [0.2, 0.25) is 11.8 Å². The van der Waals surface area contributed by atoms with Crippen molar-refractivity contribution in [2.45, 2.75) is 44.2 Å². The first-order chi connectivity index (χ1) is 18.9. The van der Waals surface area contributed by atoms with E-state index in [1.165, 1.54) is 11.1 Å². The fourth-order valence-corrected chi connectivity index (χ4v) is 5.05. The molecule has 0 unspecified atom stereocenters. The maximum absolute atomic E-state index is 13.4. The van der Waals surface area contributed by atoms with E-state index in [9.17, 15) is 14.4 Å². The highest BCUT2D eigenvalue weighted by molar-refractivity contribution is 5.98. The lowest BCUT2D eigenvalue weighted by atomic mass is 10.1. The van der Waals surface area contributed by atoms with E-state index in [2.05, 4.69) is 46.9 Å². The summed E-state index contributed by atoms with van der Waals surface area (Å²) in [6, 6.07) is 17.4. The number of hydrogen-bond acceptors (Lipinski definition) is 5. The highest BCUT2D eigenvalue weighted by Crippen LogP contribution is 2.40. The van der Waals surface area contributed by atoms with Crippen LogP contribution in [-0.4, -0.2) is 82.6 Å². The summed E-state index contributed by atoms with van der Waals surface area (Å²) in [6.07, 6.45) is 5.86. The molecule has 0 bridgehead atoms. The van der Waals surface area contributed by atoms with E-state index in [-0.39, 0.29) is 24.3 Å². The van der Waals surface area contributed by atoms with Crippen molar-refractivity contribution < 1.29 is 14.4 Å². The van der Waals surface area contributed by atoms with Crippen molar-refractivity contribution in [1.82, 2.24) is 30.2 Å². The number of piperazine rings is 1. The lowest BCUT2D eigenvalue weighted by molar-refractivity contribution is -0.145. The molecule has 0 spiro atoms. The second kappa shape index (κ2) is 11.8. The van der Waals surface area contributed by atoms with Gasteiger partial charge in [0, 0.05) is 50.1 Å². The van der Waals surface area contributed by atoms with Crippen molar-refractivity contribution in [2.75, 3.05) is 33.2 Å². The smallest absolute Gasteiger partial charge is 0.251 e. The first-order valence-corrected chi connectivity index (χ1v) is 13.6. The van der Waals surface area contributed by atoms with Gasteiger partial charge in [-0.25, -0.2) is 4.68 Å². The molecule has 5 rings (SSSR count). The number of amides is 3. The molecule has 1 aliphatic carbocycles. The number of aromatic nitrogens is 2. The third-order valence-electron chi connectivity index (χ3n) is 7.64. The molecule has 2 aliphatic rings. The topological polar surface area (TPSA) is 99.6 Å². The van der Waals surface area contributed by atoms with Crippen molar-refractivity contribution >= 4 is 17.7 Å². The fraction of sp³-hybridized carbons (Fsp3) is 0.400. The summed E-state index contributed by atoms with van der Waals surface area (Å²) < 4.78 is 1.72. The summed E-state index contributed by atoms with van der Waals surface area (Å²) in [4.78, 5) is 42.0. The van der Waals surface area contributed by atoms with Crippen LogP contribution in [0, 0.1) is 6.92 Å². The summed E-state index contributed by atoms with van der Waals surface area (Å²) >= 11 is 0. The van der Waals surface area contributed by atoms with Gasteiger partial charge in [0.15, 0.2) is 0 Å². The van der Waals surface area contributed by atoms with Crippen LogP contribution in [0.1, 0.15) is 46.7 Å². The van der Waals surface area contributed by atoms with Crippen LogP contribution in [0.15, 0.2) is 67.0 Å². The molecule has 2 aromatic carbocycles. The highest BCUT2D eigenvalue weighted by Gasteiger charge is 2.37. The van der Waals surface area contributed by atoms with Gasteiger partial charge in [-0.05, 0) is 68.6 Å². The Morgan fingerprint density at radius 2 is 1.85 bits per heavy atom. The number of nitrogens with zero attached hydrogens (tertiary/aromatic N) is 4. The summed E-state index contributed by atoms with van der Waals surface area (Å²) in [7, 11) is 1.74. The van der Waals surface area contributed by atoms with E-state index < -0.39 is 6.04 Å². The number of carbonyl (C=O) groups is 3. The zero-order valence-electron chi connectivity index (χ0n) is 22.5. The van der Waals surface area contributed by atoms with Crippen LogP contribution in [0.25, 0.3) is 5.69 Å². The minimum Gasteiger partial charge on any atom is -0.342 e. The Bertz CT molecular complexity index is 1290. The van der Waals surface area contributed by atoms with Gasteiger partial charge >= 0.3 is 0 Å². The molecule has 9 nitrogen and oxygen atoms in total. The zero-order chi connectivity index (χ0) is 27.4. The Labute approximate surface area is 229 Å². The Hall–Kier alpha value is -3.98. The van der Waals surface area contributed by atoms with E-state index in [1.54, 1.807) is 39.9 Å². The first-order valence-electron chi connectivity index (χ1n) is 13.6. The van der Waals surface area contributed by atoms with Gasteiger partial charge in [-0.2, -0.15) is 5.10 Å². The molecule has 1 aromatic heterocycles. The molecular formula is C30H36N6O3. The van der Waals surface area contributed by atoms with Crippen LogP contribution in [0.5, 0.6) is 0 Å². The highest BCUT2D eigenvalue weighted by atomic mass is 16.2. The minimum atomic E-state index is -0.701. The third kappa shape index (κ3) is 6.54. The van der Waals surface area contributed by atoms with Crippen molar-refractivity contribution in [1.29, 1.82) is 0 Å². The molecule has 2 fully saturated rings. The van der Waals surface area contributed by atoms with Gasteiger partial charge < -0.3 is 20.4 Å². The largest absolute Gasteiger partial charge is 0.342 e. The Morgan fingerprint density at radius 3 is 2.54 bits per heavy atom.